The van der Waals surface area contributed by atoms with Crippen molar-refractivity contribution in [2.75, 3.05) is 19.7 Å². The van der Waals surface area contributed by atoms with Gasteiger partial charge in [-0.05, 0) is 39.3 Å². The molecule has 1 amide bonds. The number of nitrogens with one attached hydrogen (secondary N) is 2. The third kappa shape index (κ3) is 5.46. The van der Waals surface area contributed by atoms with E-state index in [0.29, 0.717) is 19.4 Å². The molecule has 1 unspecified atom stereocenters. The van der Waals surface area contributed by atoms with E-state index in [1.807, 2.05) is 6.92 Å². The fourth-order valence-corrected chi connectivity index (χ4v) is 2.37. The second kappa shape index (κ2) is 8.21. The van der Waals surface area contributed by atoms with E-state index in [1.165, 1.54) is 0 Å². The Hall–Kier alpha value is -1.14. The lowest BCUT2D eigenvalue weighted by Gasteiger charge is -2.26. The number of hydrogen-bond acceptors (Lipinski definition) is 4. The maximum atomic E-state index is 11.8. The zero-order chi connectivity index (χ0) is 15.0. The van der Waals surface area contributed by atoms with Crippen molar-refractivity contribution in [3.8, 4) is 0 Å². The van der Waals surface area contributed by atoms with E-state index in [0.717, 1.165) is 25.9 Å². The standard InChI is InChI=1S/C14H26N2O4/c1-3-7-14(2,13(18)19)16-12(17)6-10-20-11-4-8-15-9-5-11/h11,15H,3-10H2,1-2H3,(H,16,17)(H,18,19). The van der Waals surface area contributed by atoms with Crippen molar-refractivity contribution in [3.63, 3.8) is 0 Å². The molecule has 6 nitrogen and oxygen atoms in total. The molecule has 0 spiro atoms. The van der Waals surface area contributed by atoms with Gasteiger partial charge in [-0.2, -0.15) is 0 Å². The highest BCUT2D eigenvalue weighted by Gasteiger charge is 2.33. The molecule has 0 aromatic rings. The number of hydrogen-bond donors (Lipinski definition) is 3. The van der Waals surface area contributed by atoms with Crippen molar-refractivity contribution in [2.24, 2.45) is 0 Å². The molecule has 0 aromatic carbocycles. The Morgan fingerprint density at radius 3 is 2.60 bits per heavy atom. The van der Waals surface area contributed by atoms with Crippen LogP contribution < -0.4 is 10.6 Å². The van der Waals surface area contributed by atoms with Gasteiger partial charge in [-0.15, -0.1) is 0 Å². The molecule has 1 heterocycles. The van der Waals surface area contributed by atoms with E-state index in [4.69, 9.17) is 4.74 Å². The Labute approximate surface area is 120 Å². The maximum absolute atomic E-state index is 11.8. The van der Waals surface area contributed by atoms with E-state index >= 15 is 0 Å². The van der Waals surface area contributed by atoms with Gasteiger partial charge in [0.2, 0.25) is 5.91 Å². The molecule has 3 N–H and O–H groups in total. The molecule has 1 saturated heterocycles. The SMILES string of the molecule is CCCC(C)(NC(=O)CCOC1CCNCC1)C(=O)O. The first kappa shape index (κ1) is 16.9. The molecule has 1 rings (SSSR count). The van der Waals surface area contributed by atoms with Gasteiger partial charge in [0.05, 0.1) is 12.7 Å². The number of ether oxygens (including phenoxy) is 1. The molecule has 0 bridgehead atoms. The Morgan fingerprint density at radius 2 is 2.05 bits per heavy atom. The summed E-state index contributed by atoms with van der Waals surface area (Å²) >= 11 is 0. The number of carbonyl (C=O) groups excluding carboxylic acids is 1. The van der Waals surface area contributed by atoms with E-state index in [1.54, 1.807) is 6.92 Å². The molecule has 116 valence electrons. The molecule has 0 radical (unpaired) electrons. The van der Waals surface area contributed by atoms with Crippen molar-refractivity contribution in [3.05, 3.63) is 0 Å². The zero-order valence-corrected chi connectivity index (χ0v) is 12.4. The van der Waals surface area contributed by atoms with E-state index in [9.17, 15) is 14.7 Å². The Balaban J connectivity index is 2.29. The number of carbonyl (C=O) groups is 2. The van der Waals surface area contributed by atoms with Gasteiger partial charge in [-0.1, -0.05) is 13.3 Å². The van der Waals surface area contributed by atoms with Crippen LogP contribution in [0.15, 0.2) is 0 Å². The van der Waals surface area contributed by atoms with Gasteiger partial charge in [0.1, 0.15) is 5.54 Å². The average Bonchev–Trinajstić information content (AvgIpc) is 2.40. The van der Waals surface area contributed by atoms with Gasteiger partial charge < -0.3 is 20.5 Å². The van der Waals surface area contributed by atoms with Gasteiger partial charge in [0.25, 0.3) is 0 Å². The normalized spacial score (nSPS) is 19.3. The molecule has 0 aliphatic carbocycles. The largest absolute Gasteiger partial charge is 0.480 e. The highest BCUT2D eigenvalue weighted by atomic mass is 16.5. The van der Waals surface area contributed by atoms with Crippen LogP contribution in [0.3, 0.4) is 0 Å². The van der Waals surface area contributed by atoms with E-state index in [2.05, 4.69) is 10.6 Å². The summed E-state index contributed by atoms with van der Waals surface area (Å²) in [7, 11) is 0. The maximum Gasteiger partial charge on any atom is 0.329 e. The van der Waals surface area contributed by atoms with Gasteiger partial charge >= 0.3 is 5.97 Å². The number of piperidine rings is 1. The average molecular weight is 286 g/mol. The highest BCUT2D eigenvalue weighted by molar-refractivity contribution is 5.86. The van der Waals surface area contributed by atoms with Crippen molar-refractivity contribution >= 4 is 11.9 Å². The zero-order valence-electron chi connectivity index (χ0n) is 12.4. The summed E-state index contributed by atoms with van der Waals surface area (Å²) in [5.41, 5.74) is -1.18. The summed E-state index contributed by atoms with van der Waals surface area (Å²) in [6.45, 7) is 5.69. The van der Waals surface area contributed by atoms with Crippen molar-refractivity contribution in [2.45, 2.75) is 57.6 Å². The number of aliphatic carboxylic acids is 1. The van der Waals surface area contributed by atoms with Crippen LogP contribution >= 0.6 is 0 Å². The van der Waals surface area contributed by atoms with Crippen LogP contribution in [0.2, 0.25) is 0 Å². The first-order chi connectivity index (χ1) is 9.48. The van der Waals surface area contributed by atoms with Gasteiger partial charge in [-0.3, -0.25) is 4.79 Å². The van der Waals surface area contributed by atoms with Crippen molar-refractivity contribution in [1.29, 1.82) is 0 Å². The predicted octanol–water partition coefficient (Wildman–Crippen LogP) is 0.905. The smallest absolute Gasteiger partial charge is 0.329 e. The Kier molecular flexibility index (Phi) is 6.95. The second-order valence-corrected chi connectivity index (χ2v) is 5.51. The molecule has 1 aliphatic heterocycles. The first-order valence-electron chi connectivity index (χ1n) is 7.34. The monoisotopic (exact) mass is 286 g/mol. The fourth-order valence-electron chi connectivity index (χ4n) is 2.37. The summed E-state index contributed by atoms with van der Waals surface area (Å²) in [6.07, 6.45) is 3.47. The van der Waals surface area contributed by atoms with Crippen molar-refractivity contribution in [1.82, 2.24) is 10.6 Å². The predicted molar refractivity (Wildman–Crippen MR) is 75.6 cm³/mol. The minimum Gasteiger partial charge on any atom is -0.480 e. The van der Waals surface area contributed by atoms with Gasteiger partial charge in [-0.25, -0.2) is 4.79 Å². The van der Waals surface area contributed by atoms with Crippen LogP contribution in [0.5, 0.6) is 0 Å². The minimum atomic E-state index is -1.18. The van der Waals surface area contributed by atoms with Crippen LogP contribution in [-0.4, -0.2) is 48.3 Å². The summed E-state index contributed by atoms with van der Waals surface area (Å²) in [6, 6.07) is 0. The molecule has 1 atom stereocenters. The Morgan fingerprint density at radius 1 is 1.40 bits per heavy atom. The Bertz CT molecular complexity index is 329. The molecule has 0 aromatic heterocycles. The van der Waals surface area contributed by atoms with Gasteiger partial charge in [0.15, 0.2) is 0 Å². The molecule has 0 saturated carbocycles. The molecular formula is C14H26N2O4. The molecule has 6 heteroatoms. The third-order valence-corrected chi connectivity index (χ3v) is 3.61. The third-order valence-electron chi connectivity index (χ3n) is 3.61. The van der Waals surface area contributed by atoms with Crippen LogP contribution in [0.4, 0.5) is 0 Å². The van der Waals surface area contributed by atoms with E-state index < -0.39 is 11.5 Å². The minimum absolute atomic E-state index is 0.205. The summed E-state index contributed by atoms with van der Waals surface area (Å²) < 4.78 is 5.64. The highest BCUT2D eigenvalue weighted by Crippen LogP contribution is 2.13. The number of amides is 1. The van der Waals surface area contributed by atoms with Gasteiger partial charge in [0, 0.05) is 6.42 Å². The lowest BCUT2D eigenvalue weighted by molar-refractivity contribution is -0.147. The fraction of sp³-hybridized carbons (Fsp3) is 0.857. The second-order valence-electron chi connectivity index (χ2n) is 5.51. The number of rotatable bonds is 8. The topological polar surface area (TPSA) is 87.7 Å². The number of carboxylic acid groups (broad SMARTS) is 1. The summed E-state index contributed by atoms with van der Waals surface area (Å²) in [5.74, 6) is -1.26. The van der Waals surface area contributed by atoms with Crippen LogP contribution in [-0.2, 0) is 14.3 Å². The number of carboxylic acids is 1. The first-order valence-corrected chi connectivity index (χ1v) is 7.34. The quantitative estimate of drug-likeness (QED) is 0.617. The van der Waals surface area contributed by atoms with Crippen LogP contribution in [0, 0.1) is 0 Å². The molecule has 1 aliphatic rings. The van der Waals surface area contributed by atoms with E-state index in [-0.39, 0.29) is 18.4 Å². The molecular weight excluding hydrogens is 260 g/mol. The van der Waals surface area contributed by atoms with Crippen molar-refractivity contribution < 1.29 is 19.4 Å². The van der Waals surface area contributed by atoms with Crippen LogP contribution in [0.25, 0.3) is 0 Å². The lowest BCUT2D eigenvalue weighted by Crippen LogP contribution is -2.52. The molecule has 20 heavy (non-hydrogen) atoms. The molecule has 1 fully saturated rings. The summed E-state index contributed by atoms with van der Waals surface area (Å²) in [5, 5.41) is 15.0. The van der Waals surface area contributed by atoms with Crippen LogP contribution in [0.1, 0.15) is 46.0 Å². The summed E-state index contributed by atoms with van der Waals surface area (Å²) in [4.78, 5) is 23.0. The lowest BCUT2D eigenvalue weighted by atomic mass is 9.96.